The molecule has 1 amide bonds. The summed E-state index contributed by atoms with van der Waals surface area (Å²) in [6, 6.07) is 5.51. The fraction of sp³-hybridized carbons (Fsp3) is 0.467. The van der Waals surface area contributed by atoms with Crippen molar-refractivity contribution in [2.45, 2.75) is 18.9 Å². The zero-order valence-corrected chi connectivity index (χ0v) is 13.9. The molecule has 0 saturated carbocycles. The highest BCUT2D eigenvalue weighted by Crippen LogP contribution is 2.27. The van der Waals surface area contributed by atoms with Gasteiger partial charge in [0.25, 0.3) is 5.91 Å². The molecule has 0 aliphatic carbocycles. The highest BCUT2D eigenvalue weighted by molar-refractivity contribution is 7.22. The molecule has 0 spiro atoms. The highest BCUT2D eigenvalue weighted by Gasteiger charge is 2.18. The molecule has 5 nitrogen and oxygen atoms in total. The van der Waals surface area contributed by atoms with Crippen molar-refractivity contribution < 1.29 is 9.53 Å². The van der Waals surface area contributed by atoms with Gasteiger partial charge >= 0.3 is 0 Å². The Balaban J connectivity index is 1.52. The largest absolute Gasteiger partial charge is 0.368 e. The summed E-state index contributed by atoms with van der Waals surface area (Å²) < 4.78 is 6.67. The zero-order valence-electron chi connectivity index (χ0n) is 12.3. The molecule has 1 aliphatic rings. The van der Waals surface area contributed by atoms with Gasteiger partial charge in [0.15, 0.2) is 5.13 Å². The monoisotopic (exact) mass is 339 g/mol. The van der Waals surface area contributed by atoms with E-state index in [4.69, 9.17) is 16.3 Å². The van der Waals surface area contributed by atoms with Crippen LogP contribution >= 0.6 is 22.9 Å². The number of fused-ring (bicyclic) bond motifs is 1. The number of halogens is 1. The van der Waals surface area contributed by atoms with Crippen LogP contribution in [0.1, 0.15) is 12.8 Å². The number of benzene rings is 1. The van der Waals surface area contributed by atoms with Gasteiger partial charge in [-0.1, -0.05) is 22.9 Å². The molecule has 1 fully saturated rings. The van der Waals surface area contributed by atoms with Crippen molar-refractivity contribution in [1.82, 2.24) is 9.88 Å². The molecule has 2 heterocycles. The van der Waals surface area contributed by atoms with Gasteiger partial charge < -0.3 is 9.64 Å². The molecule has 3 rings (SSSR count). The van der Waals surface area contributed by atoms with E-state index in [0.29, 0.717) is 10.2 Å². The average Bonchev–Trinajstić information content (AvgIpc) is 2.88. The molecule has 0 bridgehead atoms. The SMILES string of the molecule is CN1CCC(OCC(=O)Nc2nc3cc(Cl)ccc3s2)CC1. The van der Waals surface area contributed by atoms with Gasteiger partial charge in [0, 0.05) is 18.1 Å². The minimum absolute atomic E-state index is 0.0745. The lowest BCUT2D eigenvalue weighted by molar-refractivity contribution is -0.123. The van der Waals surface area contributed by atoms with Crippen molar-refractivity contribution in [1.29, 1.82) is 0 Å². The molecule has 1 saturated heterocycles. The Morgan fingerprint density at radius 1 is 1.50 bits per heavy atom. The maximum absolute atomic E-state index is 12.0. The molecule has 1 aromatic heterocycles. The van der Waals surface area contributed by atoms with E-state index in [2.05, 4.69) is 22.2 Å². The number of ether oxygens (including phenoxy) is 1. The minimum atomic E-state index is -0.163. The van der Waals surface area contributed by atoms with E-state index < -0.39 is 0 Å². The van der Waals surface area contributed by atoms with Crippen LogP contribution in [-0.4, -0.2) is 48.6 Å². The van der Waals surface area contributed by atoms with E-state index in [-0.39, 0.29) is 18.6 Å². The van der Waals surface area contributed by atoms with Gasteiger partial charge in [-0.2, -0.15) is 0 Å². The second-order valence-corrected chi connectivity index (χ2v) is 6.96. The Kier molecular flexibility index (Phi) is 4.93. The second kappa shape index (κ2) is 6.91. The van der Waals surface area contributed by atoms with Gasteiger partial charge in [-0.15, -0.1) is 0 Å². The Morgan fingerprint density at radius 3 is 3.05 bits per heavy atom. The van der Waals surface area contributed by atoms with Gasteiger partial charge in [0.2, 0.25) is 0 Å². The van der Waals surface area contributed by atoms with Crippen LogP contribution in [0.2, 0.25) is 5.02 Å². The normalized spacial score (nSPS) is 17.0. The molecule has 1 aromatic carbocycles. The molecular weight excluding hydrogens is 322 g/mol. The number of piperidine rings is 1. The fourth-order valence-electron chi connectivity index (χ4n) is 2.45. The first-order valence-electron chi connectivity index (χ1n) is 7.26. The lowest BCUT2D eigenvalue weighted by Crippen LogP contribution is -2.35. The minimum Gasteiger partial charge on any atom is -0.368 e. The number of nitrogens with one attached hydrogen (secondary N) is 1. The van der Waals surface area contributed by atoms with Crippen LogP contribution in [0.5, 0.6) is 0 Å². The number of carbonyl (C=O) groups is 1. The number of anilines is 1. The van der Waals surface area contributed by atoms with E-state index in [1.807, 2.05) is 12.1 Å². The third-order valence-electron chi connectivity index (χ3n) is 3.71. The van der Waals surface area contributed by atoms with Crippen LogP contribution in [0, 0.1) is 0 Å². The van der Waals surface area contributed by atoms with Crippen molar-refractivity contribution in [3.63, 3.8) is 0 Å². The van der Waals surface area contributed by atoms with E-state index in [1.165, 1.54) is 11.3 Å². The van der Waals surface area contributed by atoms with Crippen LogP contribution in [0.25, 0.3) is 10.2 Å². The number of thiazole rings is 1. The number of hydrogen-bond acceptors (Lipinski definition) is 5. The Bertz CT molecular complexity index is 668. The first kappa shape index (κ1) is 15.7. The number of nitrogens with zero attached hydrogens (tertiary/aromatic N) is 2. The standard InChI is InChI=1S/C15H18ClN3O2S/c1-19-6-4-11(5-7-19)21-9-14(20)18-15-17-12-8-10(16)2-3-13(12)22-15/h2-3,8,11H,4-7,9H2,1H3,(H,17,18,20). The molecule has 0 unspecified atom stereocenters. The second-order valence-electron chi connectivity index (χ2n) is 5.49. The summed E-state index contributed by atoms with van der Waals surface area (Å²) in [5, 5.41) is 4.01. The molecule has 1 N–H and O–H groups in total. The smallest absolute Gasteiger partial charge is 0.252 e. The summed E-state index contributed by atoms with van der Waals surface area (Å²) in [6.07, 6.45) is 2.13. The molecule has 118 valence electrons. The Hall–Kier alpha value is -1.21. The summed E-state index contributed by atoms with van der Waals surface area (Å²) in [6.45, 7) is 2.11. The number of aromatic nitrogens is 1. The summed E-state index contributed by atoms with van der Waals surface area (Å²) >= 11 is 7.37. The van der Waals surface area contributed by atoms with Crippen molar-refractivity contribution in [3.8, 4) is 0 Å². The third-order valence-corrected chi connectivity index (χ3v) is 4.90. The zero-order chi connectivity index (χ0) is 15.5. The number of rotatable bonds is 4. The molecular formula is C15H18ClN3O2S. The van der Waals surface area contributed by atoms with Crippen molar-refractivity contribution in [3.05, 3.63) is 23.2 Å². The van der Waals surface area contributed by atoms with Gasteiger partial charge in [-0.05, 0) is 38.1 Å². The van der Waals surface area contributed by atoms with Gasteiger partial charge in [0.05, 0.1) is 16.3 Å². The van der Waals surface area contributed by atoms with Gasteiger partial charge in [-0.25, -0.2) is 4.98 Å². The molecule has 22 heavy (non-hydrogen) atoms. The van der Waals surface area contributed by atoms with Crippen LogP contribution in [0.15, 0.2) is 18.2 Å². The van der Waals surface area contributed by atoms with Crippen molar-refractivity contribution in [2.24, 2.45) is 0 Å². The number of hydrogen-bond donors (Lipinski definition) is 1. The Morgan fingerprint density at radius 2 is 2.27 bits per heavy atom. The summed E-state index contributed by atoms with van der Waals surface area (Å²) in [5.41, 5.74) is 0.795. The highest BCUT2D eigenvalue weighted by atomic mass is 35.5. The predicted octanol–water partition coefficient (Wildman–Crippen LogP) is 3.00. The van der Waals surface area contributed by atoms with E-state index in [0.717, 1.165) is 36.1 Å². The molecule has 0 radical (unpaired) electrons. The van der Waals surface area contributed by atoms with Gasteiger partial charge in [-0.3, -0.25) is 10.1 Å². The first-order valence-corrected chi connectivity index (χ1v) is 8.46. The van der Waals surface area contributed by atoms with Crippen LogP contribution in [0.4, 0.5) is 5.13 Å². The lowest BCUT2D eigenvalue weighted by Gasteiger charge is -2.28. The van der Waals surface area contributed by atoms with E-state index in [1.54, 1.807) is 6.07 Å². The molecule has 2 aromatic rings. The first-order chi connectivity index (χ1) is 10.6. The van der Waals surface area contributed by atoms with Crippen LogP contribution < -0.4 is 5.32 Å². The fourth-order valence-corrected chi connectivity index (χ4v) is 3.48. The van der Waals surface area contributed by atoms with Crippen molar-refractivity contribution in [2.75, 3.05) is 32.1 Å². The van der Waals surface area contributed by atoms with Gasteiger partial charge in [0.1, 0.15) is 6.61 Å². The quantitative estimate of drug-likeness (QED) is 0.930. The number of carbonyl (C=O) groups excluding carboxylic acids is 1. The van der Waals surface area contributed by atoms with E-state index >= 15 is 0 Å². The summed E-state index contributed by atoms with van der Waals surface area (Å²) in [5.74, 6) is -0.163. The number of likely N-dealkylation sites (tertiary alicyclic amines) is 1. The average molecular weight is 340 g/mol. The van der Waals surface area contributed by atoms with Crippen LogP contribution in [0.3, 0.4) is 0 Å². The van der Waals surface area contributed by atoms with E-state index in [9.17, 15) is 4.79 Å². The number of amides is 1. The van der Waals surface area contributed by atoms with Crippen LogP contribution in [-0.2, 0) is 9.53 Å². The Labute approximate surface area is 138 Å². The summed E-state index contributed by atoms with van der Waals surface area (Å²) in [4.78, 5) is 18.6. The lowest BCUT2D eigenvalue weighted by atomic mass is 10.1. The molecule has 0 atom stereocenters. The topological polar surface area (TPSA) is 54.5 Å². The maximum atomic E-state index is 12.0. The predicted molar refractivity (Wildman–Crippen MR) is 89.7 cm³/mol. The molecule has 1 aliphatic heterocycles. The summed E-state index contributed by atoms with van der Waals surface area (Å²) in [7, 11) is 2.10. The third kappa shape index (κ3) is 3.95. The maximum Gasteiger partial charge on any atom is 0.252 e. The molecule has 7 heteroatoms. The van der Waals surface area contributed by atoms with Crippen molar-refractivity contribution >= 4 is 44.2 Å².